The van der Waals surface area contributed by atoms with Crippen molar-refractivity contribution in [3.05, 3.63) is 77.1 Å². The van der Waals surface area contributed by atoms with Crippen LogP contribution in [0.4, 0.5) is 10.3 Å². The van der Waals surface area contributed by atoms with Crippen LogP contribution in [0.2, 0.25) is 0 Å². The normalized spacial score (nSPS) is 16.2. The highest BCUT2D eigenvalue weighted by molar-refractivity contribution is 5.76. The first-order valence-electron chi connectivity index (χ1n) is 7.86. The number of fused-ring (bicyclic) bond motifs is 1. The van der Waals surface area contributed by atoms with Crippen LogP contribution in [0.5, 0.6) is 0 Å². The van der Waals surface area contributed by atoms with Crippen molar-refractivity contribution in [2.45, 2.75) is 19.4 Å². The zero-order valence-electron chi connectivity index (χ0n) is 13.1. The van der Waals surface area contributed by atoms with Crippen molar-refractivity contribution < 1.29 is 4.39 Å². The number of anilines is 1. The van der Waals surface area contributed by atoms with Gasteiger partial charge in [-0.3, -0.25) is 0 Å². The number of hydrogen-bond acceptors (Lipinski definition) is 4. The van der Waals surface area contributed by atoms with Gasteiger partial charge in [-0.2, -0.15) is 4.68 Å². The fourth-order valence-electron chi connectivity index (χ4n) is 2.84. The van der Waals surface area contributed by atoms with E-state index in [-0.39, 0.29) is 11.9 Å². The average Bonchev–Trinajstić information content (AvgIpc) is 3.10. The summed E-state index contributed by atoms with van der Waals surface area (Å²) in [5, 5.41) is 15.1. The number of benzene rings is 2. The van der Waals surface area contributed by atoms with Gasteiger partial charge in [0.1, 0.15) is 11.9 Å². The number of hydrogen-bond donors (Lipinski definition) is 1. The number of nitrogens with zero attached hydrogens (tertiary/aromatic N) is 4. The summed E-state index contributed by atoms with van der Waals surface area (Å²) in [6.45, 7) is 2.13. The lowest BCUT2D eigenvalue weighted by atomic mass is 10.00. The summed E-state index contributed by atoms with van der Waals surface area (Å²) in [4.78, 5) is 0. The first-order valence-corrected chi connectivity index (χ1v) is 7.86. The van der Waals surface area contributed by atoms with E-state index >= 15 is 0 Å². The molecule has 0 radical (unpaired) electrons. The topological polar surface area (TPSA) is 55.6 Å². The van der Waals surface area contributed by atoms with E-state index in [2.05, 4.69) is 58.1 Å². The van der Waals surface area contributed by atoms with Gasteiger partial charge >= 0.3 is 0 Å². The van der Waals surface area contributed by atoms with Crippen molar-refractivity contribution >= 4 is 11.6 Å². The Morgan fingerprint density at radius 1 is 1.08 bits per heavy atom. The van der Waals surface area contributed by atoms with Crippen molar-refractivity contribution in [3.63, 3.8) is 0 Å². The Kier molecular flexibility index (Phi) is 3.57. The molecule has 0 spiro atoms. The quantitative estimate of drug-likeness (QED) is 0.803. The first-order chi connectivity index (χ1) is 11.7. The molecule has 2 heterocycles. The van der Waals surface area contributed by atoms with Crippen LogP contribution in [0.3, 0.4) is 0 Å². The van der Waals surface area contributed by atoms with Crippen LogP contribution in [0.1, 0.15) is 29.7 Å². The van der Waals surface area contributed by atoms with E-state index in [0.29, 0.717) is 5.95 Å². The van der Waals surface area contributed by atoms with E-state index in [1.54, 1.807) is 16.8 Å². The highest BCUT2D eigenvalue weighted by Gasteiger charge is 2.24. The van der Waals surface area contributed by atoms with Gasteiger partial charge in [-0.05, 0) is 63.9 Å². The second-order valence-electron chi connectivity index (χ2n) is 5.70. The summed E-state index contributed by atoms with van der Waals surface area (Å²) in [6.07, 6.45) is 3.05. The summed E-state index contributed by atoms with van der Waals surface area (Å²) in [5.74, 6) is 0.313. The van der Waals surface area contributed by atoms with Gasteiger partial charge in [0.05, 0.1) is 0 Å². The van der Waals surface area contributed by atoms with Crippen LogP contribution in [0.25, 0.3) is 5.70 Å². The monoisotopic (exact) mass is 321 g/mol. The Labute approximate surface area is 138 Å². The van der Waals surface area contributed by atoms with Crippen LogP contribution in [0.15, 0.2) is 54.6 Å². The molecule has 0 saturated carbocycles. The van der Waals surface area contributed by atoms with E-state index in [9.17, 15) is 4.39 Å². The molecule has 5 nitrogen and oxygen atoms in total. The Balaban J connectivity index is 1.77. The zero-order chi connectivity index (χ0) is 16.5. The lowest BCUT2D eigenvalue weighted by Crippen LogP contribution is -2.20. The number of tetrazole rings is 1. The summed E-state index contributed by atoms with van der Waals surface area (Å²) in [6, 6.07) is 14.7. The second-order valence-corrected chi connectivity index (χ2v) is 5.70. The summed E-state index contributed by atoms with van der Waals surface area (Å²) >= 11 is 0. The molecule has 3 aromatic rings. The van der Waals surface area contributed by atoms with Crippen LogP contribution in [-0.2, 0) is 6.42 Å². The molecule has 2 aromatic carbocycles. The molecule has 1 aliphatic rings. The number of aromatic nitrogens is 4. The van der Waals surface area contributed by atoms with Crippen LogP contribution < -0.4 is 5.32 Å². The van der Waals surface area contributed by atoms with Gasteiger partial charge in [0.25, 0.3) is 0 Å². The van der Waals surface area contributed by atoms with E-state index in [0.717, 1.165) is 23.2 Å². The molecule has 1 aromatic heterocycles. The van der Waals surface area contributed by atoms with Crippen LogP contribution in [0, 0.1) is 5.82 Å². The SMILES string of the molecule is CCc1ccc([C@H]2C=C(c3ccc(F)cc3)Nc3nnnn32)cc1. The minimum atomic E-state index is -0.258. The maximum atomic E-state index is 13.2. The van der Waals surface area contributed by atoms with E-state index in [4.69, 9.17) is 0 Å². The summed E-state index contributed by atoms with van der Waals surface area (Å²) in [7, 11) is 0. The molecule has 0 amide bonds. The van der Waals surface area contributed by atoms with Crippen molar-refractivity contribution in [1.82, 2.24) is 20.2 Å². The maximum absolute atomic E-state index is 13.2. The van der Waals surface area contributed by atoms with Gasteiger partial charge in [-0.15, -0.1) is 0 Å². The molecule has 0 unspecified atom stereocenters. The maximum Gasteiger partial charge on any atom is 0.248 e. The van der Waals surface area contributed by atoms with Gasteiger partial charge in [-0.25, -0.2) is 4.39 Å². The third kappa shape index (κ3) is 2.56. The average molecular weight is 321 g/mol. The third-order valence-electron chi connectivity index (χ3n) is 4.21. The second kappa shape index (κ2) is 5.88. The van der Waals surface area contributed by atoms with Crippen molar-refractivity contribution in [2.75, 3.05) is 5.32 Å². The molecule has 0 saturated heterocycles. The highest BCUT2D eigenvalue weighted by atomic mass is 19.1. The molecular weight excluding hydrogens is 305 g/mol. The van der Waals surface area contributed by atoms with Gasteiger partial charge < -0.3 is 5.32 Å². The Hall–Kier alpha value is -3.02. The first kappa shape index (κ1) is 14.6. The van der Waals surface area contributed by atoms with Crippen LogP contribution >= 0.6 is 0 Å². The van der Waals surface area contributed by atoms with Gasteiger partial charge in [0, 0.05) is 5.70 Å². The minimum Gasteiger partial charge on any atom is -0.323 e. The molecule has 1 aliphatic heterocycles. The number of allylic oxidation sites excluding steroid dienone is 1. The molecule has 120 valence electrons. The van der Waals surface area contributed by atoms with Crippen molar-refractivity contribution in [2.24, 2.45) is 0 Å². The van der Waals surface area contributed by atoms with Crippen LogP contribution in [-0.4, -0.2) is 20.2 Å². The minimum absolute atomic E-state index is 0.109. The lowest BCUT2D eigenvalue weighted by molar-refractivity contribution is 0.585. The van der Waals surface area contributed by atoms with E-state index < -0.39 is 0 Å². The Bertz CT molecular complexity index is 881. The van der Waals surface area contributed by atoms with E-state index in [1.807, 2.05) is 0 Å². The molecule has 1 atom stereocenters. The number of rotatable bonds is 3. The number of halogens is 1. The molecule has 0 aliphatic carbocycles. The lowest BCUT2D eigenvalue weighted by Gasteiger charge is -2.23. The van der Waals surface area contributed by atoms with E-state index in [1.165, 1.54) is 17.7 Å². The predicted molar refractivity (Wildman–Crippen MR) is 89.8 cm³/mol. The van der Waals surface area contributed by atoms with Gasteiger partial charge in [-0.1, -0.05) is 36.3 Å². The summed E-state index contributed by atoms with van der Waals surface area (Å²) in [5.41, 5.74) is 4.14. The fourth-order valence-corrected chi connectivity index (χ4v) is 2.84. The standard InChI is InChI=1S/C18H16FN5/c1-2-12-3-5-14(6-4-12)17-11-16(13-7-9-15(19)10-8-13)20-18-21-22-23-24(17)18/h3-11,17H,2H2,1H3,(H,20,21,23)/t17-/m1/s1. The molecule has 0 bridgehead atoms. The smallest absolute Gasteiger partial charge is 0.248 e. The predicted octanol–water partition coefficient (Wildman–Crippen LogP) is 3.43. The molecule has 6 heteroatoms. The molecule has 0 fully saturated rings. The largest absolute Gasteiger partial charge is 0.323 e. The zero-order valence-corrected chi connectivity index (χ0v) is 13.1. The Morgan fingerprint density at radius 2 is 1.83 bits per heavy atom. The highest BCUT2D eigenvalue weighted by Crippen LogP contribution is 2.31. The fraction of sp³-hybridized carbons (Fsp3) is 0.167. The molecular formula is C18H16FN5. The number of aryl methyl sites for hydroxylation is 1. The molecule has 1 N–H and O–H groups in total. The summed E-state index contributed by atoms with van der Waals surface area (Å²) < 4.78 is 14.9. The van der Waals surface area contributed by atoms with Gasteiger partial charge in [0.15, 0.2) is 0 Å². The van der Waals surface area contributed by atoms with Crippen molar-refractivity contribution in [1.29, 1.82) is 0 Å². The molecule has 24 heavy (non-hydrogen) atoms. The van der Waals surface area contributed by atoms with Gasteiger partial charge in [0.2, 0.25) is 5.95 Å². The van der Waals surface area contributed by atoms with Crippen molar-refractivity contribution in [3.8, 4) is 0 Å². The Morgan fingerprint density at radius 3 is 2.54 bits per heavy atom. The third-order valence-corrected chi connectivity index (χ3v) is 4.21. The molecule has 4 rings (SSSR count). The number of nitrogens with one attached hydrogen (secondary N) is 1.